The second-order valence-electron chi connectivity index (χ2n) is 7.83. The van der Waals surface area contributed by atoms with Crippen molar-refractivity contribution in [1.82, 2.24) is 20.2 Å². The molecule has 0 aliphatic carbocycles. The summed E-state index contributed by atoms with van der Waals surface area (Å²) in [6.07, 6.45) is 0.998. The summed E-state index contributed by atoms with van der Waals surface area (Å²) in [5.41, 5.74) is 3.11. The fourth-order valence-corrected chi connectivity index (χ4v) is 4.16. The van der Waals surface area contributed by atoms with Crippen LogP contribution in [0.4, 0.5) is 10.6 Å². The Morgan fingerprint density at radius 1 is 1.17 bits per heavy atom. The molecule has 2 amide bonds. The maximum atomic E-state index is 12.4. The molecule has 29 heavy (non-hydrogen) atoms. The van der Waals surface area contributed by atoms with Gasteiger partial charge in [0.1, 0.15) is 5.82 Å². The van der Waals surface area contributed by atoms with Gasteiger partial charge in [-0.15, -0.1) is 0 Å². The molecule has 0 spiro atoms. The second-order valence-corrected chi connectivity index (χ2v) is 7.83. The van der Waals surface area contributed by atoms with Crippen LogP contribution in [-0.4, -0.2) is 59.3 Å². The molecule has 2 aromatic rings. The van der Waals surface area contributed by atoms with Crippen LogP contribution in [0.25, 0.3) is 11.4 Å². The summed E-state index contributed by atoms with van der Waals surface area (Å²) in [5.74, 6) is 1.68. The molecule has 0 saturated carbocycles. The number of benzene rings is 1. The van der Waals surface area contributed by atoms with E-state index in [4.69, 9.17) is 14.7 Å². The van der Waals surface area contributed by atoms with Crippen molar-refractivity contribution in [2.75, 3.05) is 31.1 Å². The highest BCUT2D eigenvalue weighted by Gasteiger charge is 2.31. The summed E-state index contributed by atoms with van der Waals surface area (Å²) in [4.78, 5) is 26.5. The van der Waals surface area contributed by atoms with Gasteiger partial charge in [-0.25, -0.2) is 14.8 Å². The number of rotatable bonds is 3. The molecule has 7 nitrogen and oxygen atoms in total. The summed E-state index contributed by atoms with van der Waals surface area (Å²) >= 11 is 0. The van der Waals surface area contributed by atoms with E-state index in [1.165, 1.54) is 0 Å². The van der Waals surface area contributed by atoms with E-state index in [0.717, 1.165) is 48.0 Å². The highest BCUT2D eigenvalue weighted by molar-refractivity contribution is 5.75. The Morgan fingerprint density at radius 3 is 2.59 bits per heavy atom. The maximum Gasteiger partial charge on any atom is 0.317 e. The number of fused-ring (bicyclic) bond motifs is 1. The topological polar surface area (TPSA) is 70.6 Å². The highest BCUT2D eigenvalue weighted by Crippen LogP contribution is 2.31. The van der Waals surface area contributed by atoms with E-state index in [1.807, 2.05) is 42.2 Å². The maximum absolute atomic E-state index is 12.4. The zero-order valence-corrected chi connectivity index (χ0v) is 17.4. The molecule has 1 aromatic carbocycles. The first kappa shape index (κ1) is 19.6. The fourth-order valence-electron chi connectivity index (χ4n) is 4.16. The first-order valence-corrected chi connectivity index (χ1v) is 10.4. The smallest absolute Gasteiger partial charge is 0.317 e. The molecule has 3 heterocycles. The molecule has 1 fully saturated rings. The van der Waals surface area contributed by atoms with E-state index in [0.29, 0.717) is 19.6 Å². The average Bonchev–Trinajstić information content (AvgIpc) is 2.72. The lowest BCUT2D eigenvalue weighted by atomic mass is 10.0. The number of nitrogens with one attached hydrogen (secondary N) is 1. The molecule has 4 rings (SSSR count). The molecule has 2 aliphatic rings. The van der Waals surface area contributed by atoms with Crippen LogP contribution >= 0.6 is 0 Å². The fraction of sp³-hybridized carbons (Fsp3) is 0.500. The number of anilines is 1. The number of ether oxygens (including phenoxy) is 1. The van der Waals surface area contributed by atoms with Crippen molar-refractivity contribution in [2.45, 2.75) is 45.9 Å². The van der Waals surface area contributed by atoms with Crippen LogP contribution in [-0.2, 0) is 17.7 Å². The van der Waals surface area contributed by atoms with Gasteiger partial charge in [-0.05, 0) is 20.8 Å². The zero-order chi connectivity index (χ0) is 20.4. The molecule has 154 valence electrons. The normalized spacial score (nSPS) is 21.6. The molecule has 0 bridgehead atoms. The van der Waals surface area contributed by atoms with Crippen LogP contribution in [0.3, 0.4) is 0 Å². The summed E-state index contributed by atoms with van der Waals surface area (Å²) in [7, 11) is 0. The molecule has 2 aliphatic heterocycles. The Bertz CT molecular complexity index is 863. The first-order valence-electron chi connectivity index (χ1n) is 10.4. The number of amides is 2. The lowest BCUT2D eigenvalue weighted by Crippen LogP contribution is -2.48. The van der Waals surface area contributed by atoms with Gasteiger partial charge in [0.25, 0.3) is 0 Å². The van der Waals surface area contributed by atoms with E-state index in [9.17, 15) is 4.79 Å². The number of carbonyl (C=O) groups excluding carboxylic acids is 1. The van der Waals surface area contributed by atoms with E-state index in [1.54, 1.807) is 0 Å². The first-order chi connectivity index (χ1) is 14.0. The van der Waals surface area contributed by atoms with Crippen LogP contribution in [0.5, 0.6) is 0 Å². The van der Waals surface area contributed by atoms with Crippen molar-refractivity contribution in [3.63, 3.8) is 0 Å². The monoisotopic (exact) mass is 395 g/mol. The van der Waals surface area contributed by atoms with Gasteiger partial charge in [0.15, 0.2) is 5.82 Å². The number of aromatic nitrogens is 2. The Morgan fingerprint density at radius 2 is 1.90 bits per heavy atom. The zero-order valence-electron chi connectivity index (χ0n) is 17.4. The summed E-state index contributed by atoms with van der Waals surface area (Å²) in [6, 6.07) is 10.1. The Labute approximate surface area is 172 Å². The quantitative estimate of drug-likeness (QED) is 0.865. The highest BCUT2D eigenvalue weighted by atomic mass is 16.5. The van der Waals surface area contributed by atoms with Crippen molar-refractivity contribution in [2.24, 2.45) is 0 Å². The summed E-state index contributed by atoms with van der Waals surface area (Å²) < 4.78 is 5.93. The molecule has 0 radical (unpaired) electrons. The standard InChI is InChI=1S/C22H29N5O2/c1-4-23-22(28)26-11-10-19-18(14-26)21(27-12-15(2)29-16(3)13-27)25-20(24-19)17-8-6-5-7-9-17/h5-9,15-16H,4,10-14H2,1-3H3,(H,23,28)/t15-,16+. The van der Waals surface area contributed by atoms with Gasteiger partial charge in [0.2, 0.25) is 0 Å². The van der Waals surface area contributed by atoms with Crippen LogP contribution < -0.4 is 10.2 Å². The van der Waals surface area contributed by atoms with Crippen molar-refractivity contribution < 1.29 is 9.53 Å². The molecule has 7 heteroatoms. The van der Waals surface area contributed by atoms with Gasteiger partial charge in [-0.3, -0.25) is 0 Å². The average molecular weight is 396 g/mol. The third kappa shape index (κ3) is 4.19. The minimum atomic E-state index is -0.0278. The van der Waals surface area contributed by atoms with Crippen LogP contribution in [0.1, 0.15) is 32.0 Å². The molecule has 1 aromatic heterocycles. The van der Waals surface area contributed by atoms with Crippen molar-refractivity contribution in [1.29, 1.82) is 0 Å². The minimum Gasteiger partial charge on any atom is -0.372 e. The van der Waals surface area contributed by atoms with Crippen LogP contribution in [0.15, 0.2) is 30.3 Å². The van der Waals surface area contributed by atoms with Crippen LogP contribution in [0, 0.1) is 0 Å². The van der Waals surface area contributed by atoms with Gasteiger partial charge in [0.05, 0.1) is 24.4 Å². The number of nitrogens with zero attached hydrogens (tertiary/aromatic N) is 4. The summed E-state index contributed by atoms with van der Waals surface area (Å²) in [5, 5.41) is 2.91. The molecule has 1 saturated heterocycles. The molecular weight excluding hydrogens is 366 g/mol. The van der Waals surface area contributed by atoms with E-state index in [-0.39, 0.29) is 18.2 Å². The SMILES string of the molecule is CCNC(=O)N1CCc2nc(-c3ccccc3)nc(N3C[C@@H](C)O[C@@H](C)C3)c2C1. The van der Waals surface area contributed by atoms with Gasteiger partial charge >= 0.3 is 6.03 Å². The lowest BCUT2D eigenvalue weighted by molar-refractivity contribution is -0.00556. The van der Waals surface area contributed by atoms with Crippen molar-refractivity contribution >= 4 is 11.8 Å². The number of morpholine rings is 1. The van der Waals surface area contributed by atoms with E-state index >= 15 is 0 Å². The number of hydrogen-bond donors (Lipinski definition) is 1. The van der Waals surface area contributed by atoms with Crippen LogP contribution in [0.2, 0.25) is 0 Å². The Balaban J connectivity index is 1.75. The molecular formula is C22H29N5O2. The third-order valence-corrected chi connectivity index (χ3v) is 5.40. The third-order valence-electron chi connectivity index (χ3n) is 5.40. The molecule has 2 atom stereocenters. The second kappa shape index (κ2) is 8.37. The van der Waals surface area contributed by atoms with Gasteiger partial charge < -0.3 is 19.9 Å². The molecule has 0 unspecified atom stereocenters. The summed E-state index contributed by atoms with van der Waals surface area (Å²) in [6.45, 7) is 9.51. The Kier molecular flexibility index (Phi) is 5.67. The minimum absolute atomic E-state index is 0.0278. The predicted octanol–water partition coefficient (Wildman–Crippen LogP) is 2.84. The van der Waals surface area contributed by atoms with Crippen molar-refractivity contribution in [3.8, 4) is 11.4 Å². The number of carbonyl (C=O) groups is 1. The number of hydrogen-bond acceptors (Lipinski definition) is 5. The van der Waals surface area contributed by atoms with E-state index in [2.05, 4.69) is 24.1 Å². The van der Waals surface area contributed by atoms with Crippen molar-refractivity contribution in [3.05, 3.63) is 41.6 Å². The van der Waals surface area contributed by atoms with E-state index < -0.39 is 0 Å². The molecule has 1 N–H and O–H groups in total. The lowest BCUT2D eigenvalue weighted by Gasteiger charge is -2.39. The predicted molar refractivity (Wildman–Crippen MR) is 113 cm³/mol. The number of urea groups is 1. The Hall–Kier alpha value is -2.67. The van der Waals surface area contributed by atoms with Gasteiger partial charge in [-0.1, -0.05) is 30.3 Å². The largest absolute Gasteiger partial charge is 0.372 e. The van der Waals surface area contributed by atoms with Gasteiger partial charge in [-0.2, -0.15) is 0 Å². The van der Waals surface area contributed by atoms with Gasteiger partial charge in [0, 0.05) is 43.7 Å².